The van der Waals surface area contributed by atoms with Gasteiger partial charge in [-0.1, -0.05) is 13.8 Å². The Morgan fingerprint density at radius 3 is 2.96 bits per heavy atom. The number of piperidine rings is 1. The Morgan fingerprint density at radius 1 is 1.38 bits per heavy atom. The van der Waals surface area contributed by atoms with Gasteiger partial charge in [0.05, 0.1) is 11.8 Å². The van der Waals surface area contributed by atoms with Crippen molar-refractivity contribution in [3.05, 3.63) is 23.5 Å². The maximum absolute atomic E-state index is 9.74. The van der Waals surface area contributed by atoms with Crippen LogP contribution in [-0.2, 0) is 0 Å². The molecule has 3 heterocycles. The second-order valence-electron chi connectivity index (χ2n) is 7.15. The monoisotopic (exact) mass is 331 g/mol. The molecule has 0 radical (unpaired) electrons. The van der Waals surface area contributed by atoms with E-state index in [0.717, 1.165) is 68.3 Å². The summed E-state index contributed by atoms with van der Waals surface area (Å²) in [5.41, 5.74) is 2.97. The van der Waals surface area contributed by atoms with Crippen LogP contribution in [0.25, 0.3) is 5.65 Å². The van der Waals surface area contributed by atoms with E-state index in [-0.39, 0.29) is 6.10 Å². The number of fused-ring (bicyclic) bond motifs is 1. The second kappa shape index (κ2) is 7.49. The third kappa shape index (κ3) is 4.05. The minimum atomic E-state index is -0.146. The molecule has 2 aromatic rings. The number of aryl methyl sites for hydroxylation is 1. The SMILES string of the molecule is Cc1cc2nc(C(C)C)cc(NCCCN3CCC[C@H](O)C3)n2n1. The third-order valence-corrected chi connectivity index (χ3v) is 4.60. The Labute approximate surface area is 143 Å². The molecule has 1 saturated heterocycles. The van der Waals surface area contributed by atoms with E-state index in [1.165, 1.54) is 0 Å². The molecule has 2 N–H and O–H groups in total. The molecule has 1 fully saturated rings. The summed E-state index contributed by atoms with van der Waals surface area (Å²) in [5, 5.41) is 17.8. The summed E-state index contributed by atoms with van der Waals surface area (Å²) in [6.45, 7) is 10.1. The van der Waals surface area contributed by atoms with Crippen molar-refractivity contribution in [1.82, 2.24) is 19.5 Å². The molecule has 3 rings (SSSR count). The summed E-state index contributed by atoms with van der Waals surface area (Å²) in [7, 11) is 0. The molecule has 0 saturated carbocycles. The number of anilines is 1. The van der Waals surface area contributed by atoms with Crippen molar-refractivity contribution >= 4 is 11.5 Å². The summed E-state index contributed by atoms with van der Waals surface area (Å²) in [6.07, 6.45) is 2.95. The number of hydrogen-bond acceptors (Lipinski definition) is 5. The lowest BCUT2D eigenvalue weighted by Crippen LogP contribution is -2.39. The van der Waals surface area contributed by atoms with Crippen LogP contribution in [0.3, 0.4) is 0 Å². The first kappa shape index (κ1) is 17.2. The quantitative estimate of drug-likeness (QED) is 0.796. The van der Waals surface area contributed by atoms with Crippen molar-refractivity contribution in [3.63, 3.8) is 0 Å². The normalized spacial score (nSPS) is 19.3. The Bertz CT molecular complexity index is 681. The summed E-state index contributed by atoms with van der Waals surface area (Å²) in [5.74, 6) is 1.40. The van der Waals surface area contributed by atoms with Crippen LogP contribution >= 0.6 is 0 Å². The maximum atomic E-state index is 9.74. The fourth-order valence-electron chi connectivity index (χ4n) is 3.28. The van der Waals surface area contributed by atoms with Crippen LogP contribution in [0, 0.1) is 6.92 Å². The number of hydrogen-bond donors (Lipinski definition) is 2. The minimum absolute atomic E-state index is 0.146. The molecule has 0 spiro atoms. The van der Waals surface area contributed by atoms with E-state index >= 15 is 0 Å². The van der Waals surface area contributed by atoms with Crippen molar-refractivity contribution in [2.45, 2.75) is 52.1 Å². The number of aliphatic hydroxyl groups is 1. The van der Waals surface area contributed by atoms with E-state index in [9.17, 15) is 5.11 Å². The smallest absolute Gasteiger partial charge is 0.157 e. The third-order valence-electron chi connectivity index (χ3n) is 4.60. The van der Waals surface area contributed by atoms with Crippen molar-refractivity contribution in [1.29, 1.82) is 0 Å². The van der Waals surface area contributed by atoms with Gasteiger partial charge in [0.2, 0.25) is 0 Å². The predicted molar refractivity (Wildman–Crippen MR) is 96.6 cm³/mol. The molecular formula is C18H29N5O. The number of likely N-dealkylation sites (tertiary alicyclic amines) is 1. The molecular weight excluding hydrogens is 302 g/mol. The van der Waals surface area contributed by atoms with Gasteiger partial charge in [-0.2, -0.15) is 9.61 Å². The number of nitrogens with one attached hydrogen (secondary N) is 1. The van der Waals surface area contributed by atoms with Gasteiger partial charge in [-0.3, -0.25) is 0 Å². The van der Waals surface area contributed by atoms with Crippen LogP contribution in [0.1, 0.15) is 50.4 Å². The van der Waals surface area contributed by atoms with E-state index in [1.807, 2.05) is 17.5 Å². The number of rotatable bonds is 6. The van der Waals surface area contributed by atoms with Crippen LogP contribution in [0.4, 0.5) is 5.82 Å². The van der Waals surface area contributed by atoms with E-state index in [0.29, 0.717) is 5.92 Å². The molecule has 1 aliphatic rings. The van der Waals surface area contributed by atoms with Crippen LogP contribution in [0.5, 0.6) is 0 Å². The molecule has 6 heteroatoms. The summed E-state index contributed by atoms with van der Waals surface area (Å²) in [4.78, 5) is 7.05. The first-order chi connectivity index (χ1) is 11.5. The van der Waals surface area contributed by atoms with Gasteiger partial charge < -0.3 is 15.3 Å². The van der Waals surface area contributed by atoms with Crippen LogP contribution in [0.2, 0.25) is 0 Å². The van der Waals surface area contributed by atoms with Gasteiger partial charge in [-0.15, -0.1) is 0 Å². The van der Waals surface area contributed by atoms with Gasteiger partial charge in [0.25, 0.3) is 0 Å². The van der Waals surface area contributed by atoms with E-state index in [4.69, 9.17) is 4.98 Å². The topological polar surface area (TPSA) is 65.7 Å². The second-order valence-corrected chi connectivity index (χ2v) is 7.15. The highest BCUT2D eigenvalue weighted by Crippen LogP contribution is 2.19. The zero-order valence-corrected chi connectivity index (χ0v) is 15.0. The molecule has 2 aromatic heterocycles. The molecule has 132 valence electrons. The van der Waals surface area contributed by atoms with E-state index in [1.54, 1.807) is 0 Å². The molecule has 24 heavy (non-hydrogen) atoms. The van der Waals surface area contributed by atoms with Crippen molar-refractivity contribution in [2.75, 3.05) is 31.5 Å². The fourth-order valence-corrected chi connectivity index (χ4v) is 3.28. The number of β-amino-alcohol motifs (C(OH)–C–C–N with tert-alkyl or cyclic N) is 1. The summed E-state index contributed by atoms with van der Waals surface area (Å²) in [6, 6.07) is 4.13. The van der Waals surface area contributed by atoms with Gasteiger partial charge in [0, 0.05) is 30.9 Å². The van der Waals surface area contributed by atoms with Gasteiger partial charge >= 0.3 is 0 Å². The molecule has 0 bridgehead atoms. The molecule has 0 aromatic carbocycles. The van der Waals surface area contributed by atoms with Gasteiger partial charge in [-0.25, -0.2) is 4.98 Å². The fraction of sp³-hybridized carbons (Fsp3) is 0.667. The average Bonchev–Trinajstić information content (AvgIpc) is 2.91. The number of nitrogens with zero attached hydrogens (tertiary/aromatic N) is 4. The van der Waals surface area contributed by atoms with Crippen LogP contribution in [-0.4, -0.2) is 56.9 Å². The van der Waals surface area contributed by atoms with Gasteiger partial charge in [-0.05, 0) is 45.2 Å². The Morgan fingerprint density at radius 2 is 2.21 bits per heavy atom. The van der Waals surface area contributed by atoms with Crippen molar-refractivity contribution < 1.29 is 5.11 Å². The molecule has 1 atom stereocenters. The van der Waals surface area contributed by atoms with E-state index in [2.05, 4.69) is 35.2 Å². The zero-order valence-electron chi connectivity index (χ0n) is 15.0. The molecule has 0 amide bonds. The van der Waals surface area contributed by atoms with E-state index < -0.39 is 0 Å². The Balaban J connectivity index is 1.61. The molecule has 0 unspecified atom stereocenters. The standard InChI is InChI=1S/C18H29N5O/c1-13(2)16-11-17(23-18(20-16)10-14(3)21-23)19-7-5-9-22-8-4-6-15(24)12-22/h10-11,13,15,19,24H,4-9,12H2,1-3H3/t15-/m0/s1. The Kier molecular flexibility index (Phi) is 5.36. The highest BCUT2D eigenvalue weighted by atomic mass is 16.3. The summed E-state index contributed by atoms with van der Waals surface area (Å²) < 4.78 is 1.89. The van der Waals surface area contributed by atoms with Crippen LogP contribution < -0.4 is 5.32 Å². The molecule has 6 nitrogen and oxygen atoms in total. The Hall–Kier alpha value is -1.66. The highest BCUT2D eigenvalue weighted by molar-refractivity contribution is 5.50. The lowest BCUT2D eigenvalue weighted by molar-refractivity contribution is 0.0706. The van der Waals surface area contributed by atoms with Gasteiger partial charge in [0.15, 0.2) is 5.65 Å². The van der Waals surface area contributed by atoms with Gasteiger partial charge in [0.1, 0.15) is 5.82 Å². The summed E-state index contributed by atoms with van der Waals surface area (Å²) >= 11 is 0. The predicted octanol–water partition coefficient (Wildman–Crippen LogP) is 2.42. The molecule has 0 aliphatic carbocycles. The molecule has 1 aliphatic heterocycles. The average molecular weight is 331 g/mol. The van der Waals surface area contributed by atoms with Crippen LogP contribution in [0.15, 0.2) is 12.1 Å². The van der Waals surface area contributed by atoms with Crippen molar-refractivity contribution in [3.8, 4) is 0 Å². The van der Waals surface area contributed by atoms with Crippen molar-refractivity contribution in [2.24, 2.45) is 0 Å². The highest BCUT2D eigenvalue weighted by Gasteiger charge is 2.17. The zero-order chi connectivity index (χ0) is 17.1. The lowest BCUT2D eigenvalue weighted by atomic mass is 10.1. The number of aromatic nitrogens is 3. The lowest BCUT2D eigenvalue weighted by Gasteiger charge is -2.29. The largest absolute Gasteiger partial charge is 0.392 e. The maximum Gasteiger partial charge on any atom is 0.157 e. The first-order valence-corrected chi connectivity index (χ1v) is 9.04. The minimum Gasteiger partial charge on any atom is -0.392 e. The number of aliphatic hydroxyl groups excluding tert-OH is 1. The first-order valence-electron chi connectivity index (χ1n) is 9.04.